The normalized spacial score (nSPS) is 15.2. The summed E-state index contributed by atoms with van der Waals surface area (Å²) in [6.07, 6.45) is -3.15. The highest BCUT2D eigenvalue weighted by Gasteiger charge is 2.30. The summed E-state index contributed by atoms with van der Waals surface area (Å²) in [4.78, 5) is 26.1. The Kier molecular flexibility index (Phi) is 6.20. The minimum Gasteiger partial charge on any atom is -0.352 e. The van der Waals surface area contributed by atoms with Crippen LogP contribution in [0.25, 0.3) is 0 Å². The molecule has 1 aliphatic heterocycles. The van der Waals surface area contributed by atoms with Gasteiger partial charge >= 0.3 is 6.18 Å². The standard InChI is InChI=1S/C21H20F4N2O2/c22-18-4-2-1-3-17(18)20(29)27-11-9-14(10-12-27)13-26-19(28)15-5-7-16(8-6-15)21(23,24)25/h1-8,14H,9-13H2,(H,26,28). The summed E-state index contributed by atoms with van der Waals surface area (Å²) in [5, 5.41) is 2.73. The lowest BCUT2D eigenvalue weighted by molar-refractivity contribution is -0.137. The third kappa shape index (κ3) is 5.13. The Morgan fingerprint density at radius 1 is 1.00 bits per heavy atom. The highest BCUT2D eigenvalue weighted by atomic mass is 19.4. The van der Waals surface area contributed by atoms with Crippen LogP contribution in [0.2, 0.25) is 0 Å². The molecule has 2 aromatic rings. The van der Waals surface area contributed by atoms with E-state index in [-0.39, 0.29) is 23.0 Å². The van der Waals surface area contributed by atoms with Crippen LogP contribution in [0.5, 0.6) is 0 Å². The summed E-state index contributed by atoms with van der Waals surface area (Å²) in [5.41, 5.74) is -0.604. The summed E-state index contributed by atoms with van der Waals surface area (Å²) in [5.74, 6) is -1.21. The Hall–Kier alpha value is -2.90. The predicted octanol–water partition coefficient (Wildman–Crippen LogP) is 4.13. The molecule has 2 aromatic carbocycles. The molecular formula is C21H20F4N2O2. The molecule has 8 heteroatoms. The summed E-state index contributed by atoms with van der Waals surface area (Å²) < 4.78 is 51.5. The molecule has 0 unspecified atom stereocenters. The van der Waals surface area contributed by atoms with E-state index >= 15 is 0 Å². The van der Waals surface area contributed by atoms with Crippen LogP contribution in [0.4, 0.5) is 17.6 Å². The van der Waals surface area contributed by atoms with Crippen molar-refractivity contribution in [1.82, 2.24) is 10.2 Å². The summed E-state index contributed by atoms with van der Waals surface area (Å²) in [7, 11) is 0. The van der Waals surface area contributed by atoms with Crippen LogP contribution in [0.1, 0.15) is 39.1 Å². The molecule has 1 saturated heterocycles. The zero-order chi connectivity index (χ0) is 21.0. The maximum Gasteiger partial charge on any atom is 0.416 e. The molecule has 0 radical (unpaired) electrons. The number of hydrogen-bond donors (Lipinski definition) is 1. The fraction of sp³-hybridized carbons (Fsp3) is 0.333. The van der Waals surface area contributed by atoms with Crippen molar-refractivity contribution in [3.05, 3.63) is 71.0 Å². The lowest BCUT2D eigenvalue weighted by atomic mass is 9.96. The minimum absolute atomic E-state index is 0.0431. The van der Waals surface area contributed by atoms with Gasteiger partial charge in [-0.3, -0.25) is 9.59 Å². The maximum absolute atomic E-state index is 13.8. The summed E-state index contributed by atoms with van der Waals surface area (Å²) >= 11 is 0. The topological polar surface area (TPSA) is 49.4 Å². The van der Waals surface area contributed by atoms with E-state index in [0.29, 0.717) is 32.5 Å². The van der Waals surface area contributed by atoms with Gasteiger partial charge in [-0.1, -0.05) is 12.1 Å². The number of benzene rings is 2. The molecule has 1 N–H and O–H groups in total. The number of alkyl halides is 3. The monoisotopic (exact) mass is 408 g/mol. The molecule has 0 aliphatic carbocycles. The minimum atomic E-state index is -4.44. The van der Waals surface area contributed by atoms with Gasteiger partial charge < -0.3 is 10.2 Å². The van der Waals surface area contributed by atoms with Crippen molar-refractivity contribution in [2.75, 3.05) is 19.6 Å². The van der Waals surface area contributed by atoms with Gasteiger partial charge in [0, 0.05) is 25.2 Å². The molecule has 0 spiro atoms. The molecule has 1 heterocycles. The Balaban J connectivity index is 1.48. The largest absolute Gasteiger partial charge is 0.416 e. The van der Waals surface area contributed by atoms with E-state index in [1.54, 1.807) is 11.0 Å². The van der Waals surface area contributed by atoms with Gasteiger partial charge in [0.25, 0.3) is 11.8 Å². The molecule has 1 aliphatic rings. The Morgan fingerprint density at radius 2 is 1.62 bits per heavy atom. The van der Waals surface area contributed by atoms with E-state index in [1.165, 1.54) is 18.2 Å². The fourth-order valence-corrected chi connectivity index (χ4v) is 3.29. The number of nitrogens with one attached hydrogen (secondary N) is 1. The molecule has 3 rings (SSSR count). The second-order valence-corrected chi connectivity index (χ2v) is 7.00. The van der Waals surface area contributed by atoms with Gasteiger partial charge in [-0.15, -0.1) is 0 Å². The molecule has 29 heavy (non-hydrogen) atoms. The highest BCUT2D eigenvalue weighted by Crippen LogP contribution is 2.29. The van der Waals surface area contributed by atoms with Crippen LogP contribution in [0.3, 0.4) is 0 Å². The van der Waals surface area contributed by atoms with Crippen molar-refractivity contribution in [3.63, 3.8) is 0 Å². The SMILES string of the molecule is O=C(NCC1CCN(C(=O)c2ccccc2F)CC1)c1ccc(C(F)(F)F)cc1. The predicted molar refractivity (Wildman–Crippen MR) is 98.8 cm³/mol. The highest BCUT2D eigenvalue weighted by molar-refractivity contribution is 5.95. The molecule has 0 aromatic heterocycles. The van der Waals surface area contributed by atoms with Gasteiger partial charge in [0.15, 0.2) is 0 Å². The van der Waals surface area contributed by atoms with Gasteiger partial charge in [-0.05, 0) is 55.2 Å². The average Bonchev–Trinajstić information content (AvgIpc) is 2.72. The van der Waals surface area contributed by atoms with E-state index < -0.39 is 23.5 Å². The van der Waals surface area contributed by atoms with E-state index in [9.17, 15) is 27.2 Å². The van der Waals surface area contributed by atoms with Crippen LogP contribution < -0.4 is 5.32 Å². The quantitative estimate of drug-likeness (QED) is 0.774. The summed E-state index contributed by atoms with van der Waals surface area (Å²) in [6.45, 7) is 1.27. The van der Waals surface area contributed by atoms with Crippen LogP contribution in [0.15, 0.2) is 48.5 Å². The number of halogens is 4. The number of likely N-dealkylation sites (tertiary alicyclic amines) is 1. The lowest BCUT2D eigenvalue weighted by Crippen LogP contribution is -2.41. The zero-order valence-electron chi connectivity index (χ0n) is 15.5. The van der Waals surface area contributed by atoms with Crippen LogP contribution >= 0.6 is 0 Å². The van der Waals surface area contributed by atoms with Gasteiger partial charge in [-0.25, -0.2) is 4.39 Å². The number of nitrogens with zero attached hydrogens (tertiary/aromatic N) is 1. The molecule has 0 bridgehead atoms. The second-order valence-electron chi connectivity index (χ2n) is 7.00. The summed E-state index contributed by atoms with van der Waals surface area (Å²) in [6, 6.07) is 9.88. The number of carbonyl (C=O) groups excluding carboxylic acids is 2. The Morgan fingerprint density at radius 3 is 2.21 bits per heavy atom. The van der Waals surface area contributed by atoms with Crippen molar-refractivity contribution < 1.29 is 27.2 Å². The van der Waals surface area contributed by atoms with Crippen molar-refractivity contribution >= 4 is 11.8 Å². The molecule has 2 amide bonds. The Labute approximate surface area is 165 Å². The molecular weight excluding hydrogens is 388 g/mol. The van der Waals surface area contributed by atoms with Crippen molar-refractivity contribution in [1.29, 1.82) is 0 Å². The molecule has 1 fully saturated rings. The van der Waals surface area contributed by atoms with E-state index in [1.807, 2.05) is 0 Å². The van der Waals surface area contributed by atoms with Gasteiger partial charge in [-0.2, -0.15) is 13.2 Å². The molecule has 154 valence electrons. The number of rotatable bonds is 4. The van der Waals surface area contributed by atoms with Gasteiger partial charge in [0.1, 0.15) is 5.82 Å². The van der Waals surface area contributed by atoms with Gasteiger partial charge in [0.05, 0.1) is 11.1 Å². The number of carbonyl (C=O) groups is 2. The van der Waals surface area contributed by atoms with Gasteiger partial charge in [0.2, 0.25) is 0 Å². The lowest BCUT2D eigenvalue weighted by Gasteiger charge is -2.32. The fourth-order valence-electron chi connectivity index (χ4n) is 3.29. The van der Waals surface area contributed by atoms with Crippen LogP contribution in [-0.4, -0.2) is 36.3 Å². The molecule has 4 nitrogen and oxygen atoms in total. The number of hydrogen-bond acceptors (Lipinski definition) is 2. The first kappa shape index (κ1) is 20.8. The van der Waals surface area contributed by atoms with Crippen molar-refractivity contribution in [2.24, 2.45) is 5.92 Å². The number of piperidine rings is 1. The van der Waals surface area contributed by atoms with E-state index in [0.717, 1.165) is 24.3 Å². The number of amides is 2. The van der Waals surface area contributed by atoms with E-state index in [4.69, 9.17) is 0 Å². The second kappa shape index (κ2) is 8.63. The van der Waals surface area contributed by atoms with Crippen LogP contribution in [0, 0.1) is 11.7 Å². The Bertz CT molecular complexity index is 873. The molecule has 0 atom stereocenters. The van der Waals surface area contributed by atoms with Crippen molar-refractivity contribution in [2.45, 2.75) is 19.0 Å². The zero-order valence-corrected chi connectivity index (χ0v) is 15.5. The maximum atomic E-state index is 13.8. The van der Waals surface area contributed by atoms with Crippen LogP contribution in [-0.2, 0) is 6.18 Å². The first-order valence-corrected chi connectivity index (χ1v) is 9.25. The average molecular weight is 408 g/mol. The van der Waals surface area contributed by atoms with Crippen molar-refractivity contribution in [3.8, 4) is 0 Å². The smallest absolute Gasteiger partial charge is 0.352 e. The molecule has 0 saturated carbocycles. The third-order valence-corrected chi connectivity index (χ3v) is 5.03. The third-order valence-electron chi connectivity index (χ3n) is 5.03. The van der Waals surface area contributed by atoms with E-state index in [2.05, 4.69) is 5.32 Å². The first-order chi connectivity index (χ1) is 13.8. The first-order valence-electron chi connectivity index (χ1n) is 9.25.